The Kier molecular flexibility index (Phi) is 9.27. The van der Waals surface area contributed by atoms with Crippen molar-refractivity contribution in [2.45, 2.75) is 12.3 Å². The Morgan fingerprint density at radius 1 is 0.414 bits per heavy atom. The van der Waals surface area contributed by atoms with Crippen LogP contribution in [-0.4, -0.2) is 19.5 Å². The quantitative estimate of drug-likeness (QED) is 0.160. The highest BCUT2D eigenvalue weighted by atomic mass is 16.3. The molecular formula is C65H42N4O. The summed E-state index contributed by atoms with van der Waals surface area (Å²) in [6.07, 6.45) is 7.51. The first-order valence-electron chi connectivity index (χ1n) is 24.0. The third-order valence-electron chi connectivity index (χ3n) is 14.2. The van der Waals surface area contributed by atoms with E-state index in [2.05, 4.69) is 223 Å². The minimum Gasteiger partial charge on any atom is -0.454 e. The summed E-state index contributed by atoms with van der Waals surface area (Å²) >= 11 is 0. The Morgan fingerprint density at radius 3 is 1.51 bits per heavy atom. The Hall–Kier alpha value is -9.19. The fourth-order valence-corrected chi connectivity index (χ4v) is 10.9. The van der Waals surface area contributed by atoms with Gasteiger partial charge in [0.05, 0.1) is 16.7 Å². The van der Waals surface area contributed by atoms with E-state index in [4.69, 9.17) is 19.4 Å². The standard InChI is InChI=1S/C65H42N4O/c1-5-19-41(20-6-1)42-35-37-46(38-36-42)64-66-63(45-25-11-4-12-26-45)67-65(68-64)52-32-18-34-58-59(52)51-31-17-33-55(62(51)70-58)69-56-39-53(43-21-7-2-8-22-43)47-27-13-15-29-49(47)60(56)61-50-30-16-14-28-48(50)54(40-57(61)69)44-23-9-3-10-24-44/h1-37,39-40,46H,38H2. The molecule has 1 aliphatic carbocycles. The van der Waals surface area contributed by atoms with Gasteiger partial charge in [-0.25, -0.2) is 15.0 Å². The molecule has 3 heterocycles. The number of nitrogens with zero attached hydrogens (tertiary/aromatic N) is 4. The van der Waals surface area contributed by atoms with Gasteiger partial charge in [0.2, 0.25) is 0 Å². The molecular weight excluding hydrogens is 853 g/mol. The highest BCUT2D eigenvalue weighted by molar-refractivity contribution is 6.32. The van der Waals surface area contributed by atoms with Crippen LogP contribution < -0.4 is 0 Å². The van der Waals surface area contributed by atoms with Gasteiger partial charge in [0.25, 0.3) is 0 Å². The second kappa shape index (κ2) is 16.3. The summed E-state index contributed by atoms with van der Waals surface area (Å²) < 4.78 is 9.63. The second-order valence-electron chi connectivity index (χ2n) is 18.2. The van der Waals surface area contributed by atoms with E-state index in [1.54, 1.807) is 0 Å². The van der Waals surface area contributed by atoms with Gasteiger partial charge in [0, 0.05) is 38.6 Å². The minimum absolute atomic E-state index is 0.0207. The van der Waals surface area contributed by atoms with E-state index in [9.17, 15) is 0 Å². The molecule has 0 saturated heterocycles. The summed E-state index contributed by atoms with van der Waals surface area (Å²) in [5.74, 6) is 1.98. The normalized spacial score (nSPS) is 13.8. The molecule has 0 fully saturated rings. The lowest BCUT2D eigenvalue weighted by atomic mass is 9.92. The van der Waals surface area contributed by atoms with Crippen molar-refractivity contribution in [1.82, 2.24) is 19.5 Å². The van der Waals surface area contributed by atoms with Crippen molar-refractivity contribution in [1.29, 1.82) is 0 Å². The van der Waals surface area contributed by atoms with E-state index in [0.29, 0.717) is 11.6 Å². The number of fused-ring (bicyclic) bond motifs is 10. The van der Waals surface area contributed by atoms with Crippen molar-refractivity contribution in [2.75, 3.05) is 0 Å². The third-order valence-corrected chi connectivity index (χ3v) is 14.2. The van der Waals surface area contributed by atoms with Crippen LogP contribution in [0, 0.1) is 0 Å². The summed E-state index contributed by atoms with van der Waals surface area (Å²) in [6, 6.07) is 77.6. The van der Waals surface area contributed by atoms with Gasteiger partial charge in [0.1, 0.15) is 11.4 Å². The molecule has 5 nitrogen and oxygen atoms in total. The lowest BCUT2D eigenvalue weighted by molar-refractivity contribution is 0.666. The zero-order valence-electron chi connectivity index (χ0n) is 38.0. The van der Waals surface area contributed by atoms with Crippen molar-refractivity contribution >= 4 is 70.9 Å². The summed E-state index contributed by atoms with van der Waals surface area (Å²) in [7, 11) is 0. The molecule has 0 saturated carbocycles. The fraction of sp³-hybridized carbons (Fsp3) is 0.0308. The average molecular weight is 895 g/mol. The second-order valence-corrected chi connectivity index (χ2v) is 18.2. The molecule has 13 aromatic rings. The fourth-order valence-electron chi connectivity index (χ4n) is 10.9. The van der Waals surface area contributed by atoms with Crippen molar-refractivity contribution in [3.05, 3.63) is 248 Å². The number of rotatable bonds is 7. The van der Waals surface area contributed by atoms with Crippen LogP contribution in [0.15, 0.2) is 241 Å². The first-order valence-corrected chi connectivity index (χ1v) is 24.0. The highest BCUT2D eigenvalue weighted by Crippen LogP contribution is 2.48. The first-order chi connectivity index (χ1) is 34.7. The molecule has 0 bridgehead atoms. The topological polar surface area (TPSA) is 56.7 Å². The molecule has 1 atom stereocenters. The molecule has 3 aromatic heterocycles. The third kappa shape index (κ3) is 6.43. The van der Waals surface area contributed by atoms with E-state index >= 15 is 0 Å². The summed E-state index contributed by atoms with van der Waals surface area (Å²) in [6.45, 7) is 0. The van der Waals surface area contributed by atoms with Crippen LogP contribution in [0.4, 0.5) is 0 Å². The Bertz CT molecular complexity index is 4110. The number of hydrogen-bond donors (Lipinski definition) is 0. The van der Waals surface area contributed by atoms with Crippen LogP contribution in [0.5, 0.6) is 0 Å². The maximum absolute atomic E-state index is 7.18. The largest absolute Gasteiger partial charge is 0.454 e. The lowest BCUT2D eigenvalue weighted by Crippen LogP contribution is -2.08. The smallest absolute Gasteiger partial charge is 0.164 e. The van der Waals surface area contributed by atoms with Crippen LogP contribution in [0.2, 0.25) is 0 Å². The van der Waals surface area contributed by atoms with Crippen LogP contribution >= 0.6 is 0 Å². The molecule has 10 aromatic carbocycles. The zero-order valence-corrected chi connectivity index (χ0v) is 38.0. The van der Waals surface area contributed by atoms with Gasteiger partial charge in [-0.05, 0) is 85.6 Å². The summed E-state index contributed by atoms with van der Waals surface area (Å²) in [5, 5.41) is 9.22. The summed E-state index contributed by atoms with van der Waals surface area (Å²) in [5.41, 5.74) is 13.7. The zero-order chi connectivity index (χ0) is 46.1. The Morgan fingerprint density at radius 2 is 0.929 bits per heavy atom. The Balaban J connectivity index is 1.03. The van der Waals surface area contributed by atoms with Gasteiger partial charge in [-0.15, -0.1) is 0 Å². The van der Waals surface area contributed by atoms with Gasteiger partial charge in [-0.3, -0.25) is 0 Å². The molecule has 0 spiro atoms. The average Bonchev–Trinajstić information content (AvgIpc) is 4.00. The van der Waals surface area contributed by atoms with E-state index in [0.717, 1.165) is 62.0 Å². The maximum Gasteiger partial charge on any atom is 0.164 e. The van der Waals surface area contributed by atoms with Crippen LogP contribution in [0.25, 0.3) is 122 Å². The molecule has 1 unspecified atom stereocenters. The van der Waals surface area contributed by atoms with E-state index < -0.39 is 0 Å². The molecule has 70 heavy (non-hydrogen) atoms. The number of benzene rings is 10. The summed E-state index contributed by atoms with van der Waals surface area (Å²) in [4.78, 5) is 15.7. The molecule has 0 radical (unpaired) electrons. The number of furan rings is 1. The van der Waals surface area contributed by atoms with Crippen LogP contribution in [-0.2, 0) is 0 Å². The maximum atomic E-state index is 7.18. The van der Waals surface area contributed by atoms with Gasteiger partial charge in [-0.2, -0.15) is 0 Å². The van der Waals surface area contributed by atoms with Crippen LogP contribution in [0.1, 0.15) is 23.7 Å². The molecule has 0 amide bonds. The van der Waals surface area contributed by atoms with E-state index in [1.165, 1.54) is 65.7 Å². The van der Waals surface area contributed by atoms with Crippen molar-refractivity contribution in [2.24, 2.45) is 0 Å². The monoisotopic (exact) mass is 894 g/mol. The number of aromatic nitrogens is 4. The van der Waals surface area contributed by atoms with Crippen molar-refractivity contribution < 1.29 is 4.42 Å². The van der Waals surface area contributed by atoms with Gasteiger partial charge in [0.15, 0.2) is 17.2 Å². The van der Waals surface area contributed by atoms with Gasteiger partial charge >= 0.3 is 0 Å². The molecule has 0 N–H and O–H groups in total. The SMILES string of the molecule is C1=CC(c2nc(-c3ccccc3)nc(-c3cccc4oc5c(-n6c7cc(-c8ccccc8)c8ccccc8c7c7c8ccccc8c(-c8ccccc8)cc76)cccc5c34)n2)CC=C1c1ccccc1. The van der Waals surface area contributed by atoms with Crippen LogP contribution in [0.3, 0.4) is 0 Å². The van der Waals surface area contributed by atoms with E-state index in [1.807, 2.05) is 18.2 Å². The molecule has 14 rings (SSSR count). The predicted molar refractivity (Wildman–Crippen MR) is 289 cm³/mol. The number of allylic oxidation sites excluding steroid dienone is 4. The van der Waals surface area contributed by atoms with Gasteiger partial charge in [-0.1, -0.05) is 212 Å². The molecule has 1 aliphatic rings. The predicted octanol–water partition coefficient (Wildman–Crippen LogP) is 17.0. The van der Waals surface area contributed by atoms with Crippen molar-refractivity contribution in [3.8, 4) is 50.7 Å². The molecule has 0 aliphatic heterocycles. The Labute approximate surface area is 404 Å². The first kappa shape index (κ1) is 39.9. The van der Waals surface area contributed by atoms with E-state index in [-0.39, 0.29) is 5.92 Å². The van der Waals surface area contributed by atoms with Gasteiger partial charge < -0.3 is 8.98 Å². The highest BCUT2D eigenvalue weighted by Gasteiger charge is 2.26. The molecule has 328 valence electrons. The number of para-hydroxylation sites is 1. The lowest BCUT2D eigenvalue weighted by Gasteiger charge is -2.17. The number of hydrogen-bond acceptors (Lipinski definition) is 4. The van der Waals surface area contributed by atoms with Crippen molar-refractivity contribution in [3.63, 3.8) is 0 Å². The minimum atomic E-state index is -0.0207. The molecule has 5 heteroatoms.